The summed E-state index contributed by atoms with van der Waals surface area (Å²) in [5.41, 5.74) is 0.466. The average Bonchev–Trinajstić information content (AvgIpc) is 2.66. The third-order valence-corrected chi connectivity index (χ3v) is 3.51. The molecule has 4 nitrogen and oxygen atoms in total. The van der Waals surface area contributed by atoms with Crippen molar-refractivity contribution in [2.75, 3.05) is 17.2 Å². The summed E-state index contributed by atoms with van der Waals surface area (Å²) in [5.74, 6) is 1.66. The molecule has 100 valence electrons. The quantitative estimate of drug-likeness (QED) is 0.839. The summed E-state index contributed by atoms with van der Waals surface area (Å²) < 4.78 is 0. The highest BCUT2D eigenvalue weighted by Gasteiger charge is 2.30. The van der Waals surface area contributed by atoms with Gasteiger partial charge in [-0.25, -0.2) is 4.98 Å². The molecule has 0 bridgehead atoms. The zero-order valence-corrected chi connectivity index (χ0v) is 11.7. The van der Waals surface area contributed by atoms with Crippen LogP contribution in [0.3, 0.4) is 0 Å². The first kappa shape index (κ1) is 13.1. The lowest BCUT2D eigenvalue weighted by molar-refractivity contribution is 0.378. The molecule has 1 saturated carbocycles. The third-order valence-electron chi connectivity index (χ3n) is 3.51. The molecule has 1 aromatic heterocycles. The molecule has 0 amide bonds. The first-order valence-corrected chi connectivity index (χ1v) is 6.92. The van der Waals surface area contributed by atoms with Gasteiger partial charge in [0.2, 0.25) is 5.95 Å². The van der Waals surface area contributed by atoms with E-state index in [0.717, 1.165) is 24.7 Å². The van der Waals surface area contributed by atoms with Crippen LogP contribution in [0.1, 0.15) is 46.5 Å². The first-order valence-electron chi connectivity index (χ1n) is 6.92. The number of rotatable bonds is 5. The van der Waals surface area contributed by atoms with E-state index in [4.69, 9.17) is 0 Å². The molecule has 18 heavy (non-hydrogen) atoms. The lowest BCUT2D eigenvalue weighted by Crippen LogP contribution is -2.18. The topological polar surface area (TPSA) is 49.8 Å². The van der Waals surface area contributed by atoms with Crippen molar-refractivity contribution < 1.29 is 0 Å². The predicted octanol–water partition coefficient (Wildman–Crippen LogP) is 3.29. The molecule has 1 aliphatic carbocycles. The van der Waals surface area contributed by atoms with Gasteiger partial charge in [0, 0.05) is 18.8 Å². The van der Waals surface area contributed by atoms with E-state index in [1.807, 2.05) is 12.3 Å². The monoisotopic (exact) mass is 248 g/mol. The zero-order chi connectivity index (χ0) is 13.0. The average molecular weight is 248 g/mol. The third kappa shape index (κ3) is 3.59. The summed E-state index contributed by atoms with van der Waals surface area (Å²) in [5, 5.41) is 6.74. The molecule has 0 saturated heterocycles. The van der Waals surface area contributed by atoms with Crippen LogP contribution in [0.4, 0.5) is 11.8 Å². The normalized spacial score (nSPS) is 21.8. The van der Waals surface area contributed by atoms with Gasteiger partial charge in [0.1, 0.15) is 5.82 Å². The van der Waals surface area contributed by atoms with Crippen molar-refractivity contribution in [2.45, 2.75) is 52.5 Å². The van der Waals surface area contributed by atoms with Crippen LogP contribution in [0.5, 0.6) is 0 Å². The van der Waals surface area contributed by atoms with Gasteiger partial charge in [-0.1, -0.05) is 20.8 Å². The van der Waals surface area contributed by atoms with Crippen LogP contribution in [0, 0.1) is 5.41 Å². The van der Waals surface area contributed by atoms with E-state index in [1.54, 1.807) is 0 Å². The molecule has 2 rings (SSSR count). The van der Waals surface area contributed by atoms with Crippen molar-refractivity contribution in [3.8, 4) is 0 Å². The molecule has 0 aliphatic heterocycles. The number of nitrogens with zero attached hydrogens (tertiary/aromatic N) is 2. The van der Waals surface area contributed by atoms with Gasteiger partial charge < -0.3 is 10.6 Å². The lowest BCUT2D eigenvalue weighted by Gasteiger charge is -2.18. The molecule has 0 radical (unpaired) electrons. The van der Waals surface area contributed by atoms with E-state index >= 15 is 0 Å². The minimum Gasteiger partial charge on any atom is -0.367 e. The highest BCUT2D eigenvalue weighted by Crippen LogP contribution is 2.38. The van der Waals surface area contributed by atoms with Gasteiger partial charge in [-0.05, 0) is 37.2 Å². The number of hydrogen-bond donors (Lipinski definition) is 2. The Kier molecular flexibility index (Phi) is 4.04. The van der Waals surface area contributed by atoms with E-state index < -0.39 is 0 Å². The fourth-order valence-corrected chi connectivity index (χ4v) is 2.53. The fourth-order valence-electron chi connectivity index (χ4n) is 2.53. The summed E-state index contributed by atoms with van der Waals surface area (Å²) in [6.45, 7) is 7.72. The fraction of sp³-hybridized carbons (Fsp3) is 0.714. The maximum absolute atomic E-state index is 4.49. The molecule has 1 heterocycles. The van der Waals surface area contributed by atoms with Crippen LogP contribution in [0.15, 0.2) is 12.3 Å². The van der Waals surface area contributed by atoms with Crippen molar-refractivity contribution in [1.29, 1.82) is 0 Å². The molecular formula is C14H24N4. The Hall–Kier alpha value is -1.32. The molecular weight excluding hydrogens is 224 g/mol. The highest BCUT2D eigenvalue weighted by molar-refractivity contribution is 5.40. The van der Waals surface area contributed by atoms with Gasteiger partial charge in [-0.2, -0.15) is 4.98 Å². The van der Waals surface area contributed by atoms with Gasteiger partial charge >= 0.3 is 0 Å². The van der Waals surface area contributed by atoms with Gasteiger partial charge in [0.25, 0.3) is 0 Å². The SMILES string of the molecule is CCCNc1nccc(NC2CCC(C)(C)C2)n1. The number of aromatic nitrogens is 2. The summed E-state index contributed by atoms with van der Waals surface area (Å²) in [7, 11) is 0. The maximum Gasteiger partial charge on any atom is 0.224 e. The van der Waals surface area contributed by atoms with E-state index in [2.05, 4.69) is 41.4 Å². The van der Waals surface area contributed by atoms with Crippen molar-refractivity contribution >= 4 is 11.8 Å². The van der Waals surface area contributed by atoms with Crippen LogP contribution in [0.25, 0.3) is 0 Å². The molecule has 1 aromatic rings. The van der Waals surface area contributed by atoms with E-state index in [1.165, 1.54) is 19.3 Å². The molecule has 0 spiro atoms. The molecule has 2 N–H and O–H groups in total. The van der Waals surface area contributed by atoms with Gasteiger partial charge in [0.05, 0.1) is 0 Å². The van der Waals surface area contributed by atoms with Crippen LogP contribution in [-0.2, 0) is 0 Å². The lowest BCUT2D eigenvalue weighted by atomic mass is 9.92. The standard InChI is InChI=1S/C14H24N4/c1-4-8-15-13-16-9-6-12(18-13)17-11-5-7-14(2,3)10-11/h6,9,11H,4-5,7-8,10H2,1-3H3,(H2,15,16,17,18). The predicted molar refractivity (Wildman–Crippen MR) is 75.9 cm³/mol. The molecule has 0 aromatic carbocycles. The molecule has 1 fully saturated rings. The smallest absolute Gasteiger partial charge is 0.224 e. The second-order valence-corrected chi connectivity index (χ2v) is 5.94. The minimum atomic E-state index is 0.466. The Balaban J connectivity index is 1.93. The Labute approximate surface area is 110 Å². The van der Waals surface area contributed by atoms with Crippen LogP contribution < -0.4 is 10.6 Å². The Morgan fingerprint density at radius 1 is 1.44 bits per heavy atom. The van der Waals surface area contributed by atoms with Crippen molar-refractivity contribution in [3.05, 3.63) is 12.3 Å². The summed E-state index contributed by atoms with van der Waals surface area (Å²) in [4.78, 5) is 8.71. The second-order valence-electron chi connectivity index (χ2n) is 5.94. The van der Waals surface area contributed by atoms with Gasteiger partial charge in [0.15, 0.2) is 0 Å². The van der Waals surface area contributed by atoms with Crippen molar-refractivity contribution in [2.24, 2.45) is 5.41 Å². The van der Waals surface area contributed by atoms with Crippen LogP contribution >= 0.6 is 0 Å². The highest BCUT2D eigenvalue weighted by atomic mass is 15.1. The Morgan fingerprint density at radius 3 is 2.94 bits per heavy atom. The minimum absolute atomic E-state index is 0.466. The Bertz CT molecular complexity index is 389. The second kappa shape index (κ2) is 5.55. The number of hydrogen-bond acceptors (Lipinski definition) is 4. The summed E-state index contributed by atoms with van der Waals surface area (Å²) in [6.07, 6.45) is 6.63. The van der Waals surface area contributed by atoms with Crippen LogP contribution in [-0.4, -0.2) is 22.6 Å². The van der Waals surface area contributed by atoms with Crippen molar-refractivity contribution in [1.82, 2.24) is 9.97 Å². The van der Waals surface area contributed by atoms with Gasteiger partial charge in [-0.3, -0.25) is 0 Å². The zero-order valence-electron chi connectivity index (χ0n) is 11.7. The van der Waals surface area contributed by atoms with E-state index in [-0.39, 0.29) is 0 Å². The molecule has 1 atom stereocenters. The van der Waals surface area contributed by atoms with Gasteiger partial charge in [-0.15, -0.1) is 0 Å². The van der Waals surface area contributed by atoms with E-state index in [0.29, 0.717) is 11.5 Å². The largest absolute Gasteiger partial charge is 0.367 e. The number of nitrogens with one attached hydrogen (secondary N) is 2. The van der Waals surface area contributed by atoms with Crippen LogP contribution in [0.2, 0.25) is 0 Å². The summed E-state index contributed by atoms with van der Waals surface area (Å²) >= 11 is 0. The first-order chi connectivity index (χ1) is 8.59. The number of anilines is 2. The van der Waals surface area contributed by atoms with E-state index in [9.17, 15) is 0 Å². The summed E-state index contributed by atoms with van der Waals surface area (Å²) in [6, 6.07) is 2.50. The molecule has 1 aliphatic rings. The maximum atomic E-state index is 4.49. The van der Waals surface area contributed by atoms with Crippen molar-refractivity contribution in [3.63, 3.8) is 0 Å². The molecule has 1 unspecified atom stereocenters. The Morgan fingerprint density at radius 2 is 2.28 bits per heavy atom. The molecule has 4 heteroatoms.